The van der Waals surface area contributed by atoms with E-state index in [2.05, 4.69) is 0 Å². The highest BCUT2D eigenvalue weighted by atomic mass is 35.5. The van der Waals surface area contributed by atoms with Crippen molar-refractivity contribution in [1.29, 1.82) is 0 Å². The van der Waals surface area contributed by atoms with E-state index in [1.54, 1.807) is 31.2 Å². The predicted octanol–water partition coefficient (Wildman–Crippen LogP) is 3.02. The molecule has 0 radical (unpaired) electrons. The lowest BCUT2D eigenvalue weighted by atomic mass is 10.2. The molecule has 0 aliphatic heterocycles. The molecule has 0 aliphatic carbocycles. The maximum absolute atomic E-state index is 11.4. The molecular formula is C11H11ClO3S. The number of furan rings is 1. The molecule has 0 atom stereocenters. The number of fused-ring (bicyclic) bond motifs is 1. The molecule has 1 aromatic heterocycles. The summed E-state index contributed by atoms with van der Waals surface area (Å²) in [4.78, 5) is 0. The molecule has 86 valence electrons. The number of rotatable bonds is 3. The molecular weight excluding hydrogens is 248 g/mol. The van der Waals surface area contributed by atoms with Gasteiger partial charge in [0.1, 0.15) is 17.1 Å². The van der Waals surface area contributed by atoms with Gasteiger partial charge in [0.05, 0.1) is 5.02 Å². The van der Waals surface area contributed by atoms with Crippen molar-refractivity contribution >= 4 is 32.4 Å². The Balaban J connectivity index is 2.45. The van der Waals surface area contributed by atoms with Crippen molar-refractivity contribution in [2.24, 2.45) is 0 Å². The van der Waals surface area contributed by atoms with Crippen molar-refractivity contribution in [1.82, 2.24) is 0 Å². The highest BCUT2D eigenvalue weighted by Gasteiger charge is 2.14. The zero-order valence-electron chi connectivity index (χ0n) is 8.73. The van der Waals surface area contributed by atoms with E-state index < -0.39 is 9.84 Å². The molecule has 5 heteroatoms. The molecule has 0 fully saturated rings. The second kappa shape index (κ2) is 4.11. The van der Waals surface area contributed by atoms with Gasteiger partial charge in [0, 0.05) is 11.1 Å². The number of sulfone groups is 1. The summed E-state index contributed by atoms with van der Waals surface area (Å²) < 4.78 is 28.3. The van der Waals surface area contributed by atoms with Gasteiger partial charge in [0.25, 0.3) is 0 Å². The Morgan fingerprint density at radius 1 is 1.38 bits per heavy atom. The van der Waals surface area contributed by atoms with Gasteiger partial charge in [-0.2, -0.15) is 0 Å². The normalized spacial score (nSPS) is 12.1. The van der Waals surface area contributed by atoms with E-state index in [9.17, 15) is 8.42 Å². The molecule has 0 saturated carbocycles. The van der Waals surface area contributed by atoms with E-state index in [1.807, 2.05) is 0 Å². The van der Waals surface area contributed by atoms with Crippen molar-refractivity contribution in [3.05, 3.63) is 35.0 Å². The second-order valence-corrected chi connectivity index (χ2v) is 6.30. The van der Waals surface area contributed by atoms with Crippen LogP contribution in [0.4, 0.5) is 0 Å². The van der Waals surface area contributed by atoms with Gasteiger partial charge in [-0.1, -0.05) is 24.6 Å². The summed E-state index contributed by atoms with van der Waals surface area (Å²) >= 11 is 5.97. The van der Waals surface area contributed by atoms with Crippen LogP contribution in [0, 0.1) is 0 Å². The molecule has 3 nitrogen and oxygen atoms in total. The van der Waals surface area contributed by atoms with Gasteiger partial charge in [-0.05, 0) is 18.2 Å². The minimum atomic E-state index is -3.07. The first-order chi connectivity index (χ1) is 7.52. The molecule has 16 heavy (non-hydrogen) atoms. The van der Waals surface area contributed by atoms with Gasteiger partial charge in [-0.15, -0.1) is 0 Å². The first-order valence-corrected chi connectivity index (χ1v) is 7.09. The Morgan fingerprint density at radius 2 is 2.12 bits per heavy atom. The van der Waals surface area contributed by atoms with Crippen molar-refractivity contribution in [3.63, 3.8) is 0 Å². The average molecular weight is 259 g/mol. The van der Waals surface area contributed by atoms with Gasteiger partial charge in [-0.3, -0.25) is 0 Å². The molecule has 2 rings (SSSR count). The molecule has 1 heterocycles. The largest absolute Gasteiger partial charge is 0.460 e. The first kappa shape index (κ1) is 11.5. The fourth-order valence-electron chi connectivity index (χ4n) is 1.47. The van der Waals surface area contributed by atoms with Crippen molar-refractivity contribution < 1.29 is 12.8 Å². The molecule has 0 N–H and O–H groups in total. The minimum absolute atomic E-state index is 0.0749. The van der Waals surface area contributed by atoms with Gasteiger partial charge in [-0.25, -0.2) is 8.42 Å². The predicted molar refractivity (Wildman–Crippen MR) is 64.4 cm³/mol. The fraction of sp³-hybridized carbons (Fsp3) is 0.273. The maximum Gasteiger partial charge on any atom is 0.157 e. The molecule has 1 aromatic carbocycles. The SMILES string of the molecule is CCS(=O)(=O)Cc1cc2c(Cl)cccc2o1. The molecule has 0 spiro atoms. The van der Waals surface area contributed by atoms with Gasteiger partial charge in [0.15, 0.2) is 9.84 Å². The van der Waals surface area contributed by atoms with Crippen molar-refractivity contribution in [3.8, 4) is 0 Å². The van der Waals surface area contributed by atoms with Crippen LogP contribution in [0.2, 0.25) is 5.02 Å². The summed E-state index contributed by atoms with van der Waals surface area (Å²) in [6, 6.07) is 6.97. The van der Waals surface area contributed by atoms with Crippen LogP contribution in [0.3, 0.4) is 0 Å². The highest BCUT2D eigenvalue weighted by Crippen LogP contribution is 2.27. The van der Waals surface area contributed by atoms with Crippen molar-refractivity contribution in [2.75, 3.05) is 5.75 Å². The topological polar surface area (TPSA) is 47.3 Å². The molecule has 0 amide bonds. The Morgan fingerprint density at radius 3 is 2.75 bits per heavy atom. The molecule has 2 aromatic rings. The summed E-state index contributed by atoms with van der Waals surface area (Å²) in [5.41, 5.74) is 0.619. The average Bonchev–Trinajstić information content (AvgIpc) is 2.61. The minimum Gasteiger partial charge on any atom is -0.460 e. The van der Waals surface area contributed by atoms with E-state index in [4.69, 9.17) is 16.0 Å². The summed E-state index contributed by atoms with van der Waals surface area (Å²) in [5.74, 6) is 0.469. The van der Waals surface area contributed by atoms with E-state index in [0.29, 0.717) is 16.4 Å². The smallest absolute Gasteiger partial charge is 0.157 e. The van der Waals surface area contributed by atoms with E-state index in [0.717, 1.165) is 5.39 Å². The van der Waals surface area contributed by atoms with Crippen LogP contribution < -0.4 is 0 Å². The number of hydrogen-bond acceptors (Lipinski definition) is 3. The van der Waals surface area contributed by atoms with Gasteiger partial charge < -0.3 is 4.42 Å². The lowest BCUT2D eigenvalue weighted by Crippen LogP contribution is -2.05. The molecule has 0 bridgehead atoms. The van der Waals surface area contributed by atoms with Crippen LogP contribution in [-0.4, -0.2) is 14.2 Å². The molecule has 0 saturated heterocycles. The number of benzene rings is 1. The quantitative estimate of drug-likeness (QED) is 0.850. The van der Waals surface area contributed by atoms with Crippen LogP contribution >= 0.6 is 11.6 Å². The maximum atomic E-state index is 11.4. The fourth-order valence-corrected chi connectivity index (χ4v) is 2.47. The lowest BCUT2D eigenvalue weighted by Gasteiger charge is -1.95. The first-order valence-electron chi connectivity index (χ1n) is 4.89. The van der Waals surface area contributed by atoms with Crippen LogP contribution in [0.5, 0.6) is 0 Å². The third kappa shape index (κ3) is 2.23. The molecule has 0 aliphatic rings. The van der Waals surface area contributed by atoms with E-state index in [-0.39, 0.29) is 11.5 Å². The Bertz CT molecular complexity index is 613. The Kier molecular flexibility index (Phi) is 2.95. The summed E-state index contributed by atoms with van der Waals surface area (Å²) in [6.45, 7) is 1.62. The zero-order chi connectivity index (χ0) is 11.8. The number of hydrogen-bond donors (Lipinski definition) is 0. The van der Waals surface area contributed by atoms with Crippen molar-refractivity contribution in [2.45, 2.75) is 12.7 Å². The van der Waals surface area contributed by atoms with Crippen LogP contribution in [0.15, 0.2) is 28.7 Å². The van der Waals surface area contributed by atoms with Crippen LogP contribution in [-0.2, 0) is 15.6 Å². The van der Waals surface area contributed by atoms with Gasteiger partial charge in [0.2, 0.25) is 0 Å². The third-order valence-corrected chi connectivity index (χ3v) is 4.29. The lowest BCUT2D eigenvalue weighted by molar-refractivity contribution is 0.555. The van der Waals surface area contributed by atoms with Gasteiger partial charge >= 0.3 is 0 Å². The van der Waals surface area contributed by atoms with E-state index >= 15 is 0 Å². The Hall–Kier alpha value is -1.00. The Labute approximate surface area is 98.9 Å². The monoisotopic (exact) mass is 258 g/mol. The van der Waals surface area contributed by atoms with E-state index in [1.165, 1.54) is 0 Å². The summed E-state index contributed by atoms with van der Waals surface area (Å²) in [6.07, 6.45) is 0. The molecule has 0 unspecified atom stereocenters. The highest BCUT2D eigenvalue weighted by molar-refractivity contribution is 7.90. The zero-order valence-corrected chi connectivity index (χ0v) is 10.3. The van der Waals surface area contributed by atoms with Crippen LogP contribution in [0.25, 0.3) is 11.0 Å². The standard InChI is InChI=1S/C11H11ClO3S/c1-2-16(13,14)7-8-6-9-10(12)4-3-5-11(9)15-8/h3-6H,2,7H2,1H3. The van der Waals surface area contributed by atoms with Crippen LogP contribution in [0.1, 0.15) is 12.7 Å². The summed E-state index contributed by atoms with van der Waals surface area (Å²) in [7, 11) is -3.07. The number of halogens is 1. The summed E-state index contributed by atoms with van der Waals surface area (Å²) in [5, 5.41) is 1.33. The second-order valence-electron chi connectivity index (χ2n) is 3.54. The third-order valence-electron chi connectivity index (χ3n) is 2.36.